The van der Waals surface area contributed by atoms with Gasteiger partial charge in [0.05, 0.1) is 24.9 Å². The molecule has 2 saturated carbocycles. The first-order chi connectivity index (χ1) is 23.6. The lowest BCUT2D eigenvalue weighted by Crippen LogP contribution is -2.54. The number of thiazole rings is 1. The van der Waals surface area contributed by atoms with Crippen molar-refractivity contribution in [2.24, 2.45) is 5.92 Å². The van der Waals surface area contributed by atoms with Crippen LogP contribution in [-0.4, -0.2) is 80.3 Å². The topological polar surface area (TPSA) is 151 Å². The largest absolute Gasteiger partial charge is 0.496 e. The lowest BCUT2D eigenvalue weighted by Gasteiger charge is -2.27. The van der Waals surface area contributed by atoms with Crippen LogP contribution in [0.15, 0.2) is 48.9 Å². The molecule has 0 radical (unpaired) electrons. The zero-order chi connectivity index (χ0) is 34.9. The second-order valence-corrected chi connectivity index (χ2v) is 14.2. The predicted molar refractivity (Wildman–Crippen MR) is 187 cm³/mol. The van der Waals surface area contributed by atoms with E-state index in [0.29, 0.717) is 35.0 Å². The normalized spacial score (nSPS) is 23.6. The number of nitrogens with one attached hydrogen (secondary N) is 1. The highest BCUT2D eigenvalue weighted by Gasteiger charge is 2.61. The molecule has 12 heteroatoms. The van der Waals surface area contributed by atoms with Gasteiger partial charge in [0, 0.05) is 40.7 Å². The van der Waals surface area contributed by atoms with Gasteiger partial charge < -0.3 is 29.9 Å². The number of benzene rings is 1. The van der Waals surface area contributed by atoms with Crippen molar-refractivity contribution in [3.05, 3.63) is 60.1 Å². The fourth-order valence-corrected chi connectivity index (χ4v) is 7.63. The van der Waals surface area contributed by atoms with E-state index in [1.54, 1.807) is 7.11 Å². The van der Waals surface area contributed by atoms with Crippen molar-refractivity contribution in [3.8, 4) is 22.2 Å². The Morgan fingerprint density at radius 2 is 1.98 bits per heavy atom. The first-order valence-electron chi connectivity index (χ1n) is 17.0. The molecule has 3 N–H and O–H groups in total. The molecule has 49 heavy (non-hydrogen) atoms. The molecule has 3 heterocycles. The van der Waals surface area contributed by atoms with E-state index in [2.05, 4.69) is 23.9 Å². The highest BCUT2D eigenvalue weighted by atomic mass is 32.1. The summed E-state index contributed by atoms with van der Waals surface area (Å²) in [7, 11) is 1.61. The van der Waals surface area contributed by atoms with Gasteiger partial charge in [-0.05, 0) is 57.6 Å². The first-order valence-corrected chi connectivity index (χ1v) is 17.9. The number of carboxylic acid groups (broad SMARTS) is 1. The van der Waals surface area contributed by atoms with Crippen LogP contribution in [0.2, 0.25) is 0 Å². The van der Waals surface area contributed by atoms with Crippen molar-refractivity contribution in [3.63, 3.8) is 0 Å². The molecule has 2 amide bonds. The number of aryl methyl sites for hydroxylation is 1. The molecule has 1 aliphatic heterocycles. The average molecular weight is 689 g/mol. The molecule has 3 fully saturated rings. The van der Waals surface area contributed by atoms with E-state index < -0.39 is 47.5 Å². The first kappa shape index (κ1) is 34.6. The molecule has 2 aliphatic carbocycles. The van der Waals surface area contributed by atoms with Crippen molar-refractivity contribution in [1.82, 2.24) is 20.2 Å². The molecule has 6 rings (SSSR count). The van der Waals surface area contributed by atoms with Gasteiger partial charge in [-0.25, -0.2) is 14.8 Å². The van der Waals surface area contributed by atoms with Gasteiger partial charge in [0.15, 0.2) is 0 Å². The maximum Gasteiger partial charge on any atom is 0.330 e. The molecular weight excluding hydrogens is 644 g/mol. The van der Waals surface area contributed by atoms with E-state index in [0.717, 1.165) is 53.8 Å². The number of aliphatic hydroxyl groups excluding tert-OH is 1. The summed E-state index contributed by atoms with van der Waals surface area (Å²) in [4.78, 5) is 50.9. The second-order valence-electron chi connectivity index (χ2n) is 13.4. The van der Waals surface area contributed by atoms with E-state index in [9.17, 15) is 24.6 Å². The molecule has 1 aromatic carbocycles. The van der Waals surface area contributed by atoms with Gasteiger partial charge in [0.2, 0.25) is 5.91 Å². The number of hydrogen-bond acceptors (Lipinski definition) is 9. The number of likely N-dealkylation sites (tertiary alicyclic amines) is 1. The summed E-state index contributed by atoms with van der Waals surface area (Å²) >= 11 is 1.53. The van der Waals surface area contributed by atoms with Crippen molar-refractivity contribution in [2.75, 3.05) is 13.7 Å². The second kappa shape index (κ2) is 14.3. The van der Waals surface area contributed by atoms with Gasteiger partial charge in [0.1, 0.15) is 46.0 Å². The van der Waals surface area contributed by atoms with Gasteiger partial charge in [-0.15, -0.1) is 24.5 Å². The molecule has 1 unspecified atom stereocenters. The predicted octanol–water partition coefficient (Wildman–Crippen LogP) is 5.54. The summed E-state index contributed by atoms with van der Waals surface area (Å²) < 4.78 is 12.2. The molecule has 0 spiro atoms. The minimum absolute atomic E-state index is 0.0345. The zero-order valence-electron chi connectivity index (χ0n) is 28.0. The van der Waals surface area contributed by atoms with Crippen LogP contribution in [0.4, 0.5) is 0 Å². The molecule has 1 saturated heterocycles. The zero-order valence-corrected chi connectivity index (χ0v) is 28.8. The Labute approximate surface area is 290 Å². The Morgan fingerprint density at radius 1 is 1.18 bits per heavy atom. The summed E-state index contributed by atoms with van der Waals surface area (Å²) in [5, 5.41) is 27.2. The van der Waals surface area contributed by atoms with Gasteiger partial charge in [-0.3, -0.25) is 9.59 Å². The van der Waals surface area contributed by atoms with E-state index in [4.69, 9.17) is 19.4 Å². The Hall–Kier alpha value is -4.29. The summed E-state index contributed by atoms with van der Waals surface area (Å²) in [6, 6.07) is 4.54. The minimum Gasteiger partial charge on any atom is -0.496 e. The van der Waals surface area contributed by atoms with Crippen molar-refractivity contribution in [2.45, 2.75) is 94.4 Å². The molecule has 2 aromatic heterocycles. The summed E-state index contributed by atoms with van der Waals surface area (Å²) in [5.74, 6) is -1.05. The number of aliphatic hydroxyl groups is 1. The average Bonchev–Trinajstić information content (AvgIpc) is 3.97. The highest BCUT2D eigenvalue weighted by molar-refractivity contribution is 7.13. The van der Waals surface area contributed by atoms with Crippen molar-refractivity contribution < 1.29 is 34.1 Å². The monoisotopic (exact) mass is 688 g/mol. The van der Waals surface area contributed by atoms with E-state index in [1.807, 2.05) is 31.2 Å². The lowest BCUT2D eigenvalue weighted by molar-refractivity contribution is -0.148. The number of methoxy groups -OCH3 is 1. The molecule has 3 aliphatic rings. The van der Waals surface area contributed by atoms with E-state index in [1.165, 1.54) is 22.3 Å². The van der Waals surface area contributed by atoms with Crippen LogP contribution in [-0.2, 0) is 14.4 Å². The number of hydrogen-bond donors (Lipinski definition) is 3. The van der Waals surface area contributed by atoms with Crippen molar-refractivity contribution in [1.29, 1.82) is 0 Å². The fourth-order valence-electron chi connectivity index (χ4n) is 6.77. The third-order valence-corrected chi connectivity index (χ3v) is 10.8. The van der Waals surface area contributed by atoms with Gasteiger partial charge in [0.25, 0.3) is 5.91 Å². The maximum absolute atomic E-state index is 13.8. The third-order valence-electron chi connectivity index (χ3n) is 9.94. The van der Waals surface area contributed by atoms with Gasteiger partial charge >= 0.3 is 5.97 Å². The summed E-state index contributed by atoms with van der Waals surface area (Å²) in [6.07, 6.45) is 7.51. The number of unbranched alkanes of at least 4 members (excludes halogenated alkanes) is 3. The van der Waals surface area contributed by atoms with E-state index in [-0.39, 0.29) is 25.8 Å². The summed E-state index contributed by atoms with van der Waals surface area (Å²) in [6.45, 7) is 9.40. The number of ether oxygens (including phenoxy) is 2. The number of rotatable bonds is 16. The molecule has 0 bridgehead atoms. The van der Waals surface area contributed by atoms with E-state index >= 15 is 0 Å². The fraction of sp³-hybridized carbons (Fsp3) is 0.486. The molecule has 3 aromatic rings. The number of allylic oxidation sites excluding steroid dienone is 1. The number of amides is 2. The van der Waals surface area contributed by atoms with Crippen LogP contribution in [0, 0.1) is 12.8 Å². The smallest absolute Gasteiger partial charge is 0.330 e. The van der Waals surface area contributed by atoms with Crippen LogP contribution in [0.1, 0.15) is 75.0 Å². The molecule has 260 valence electrons. The number of nitrogens with zero attached hydrogens (tertiary/aromatic N) is 3. The number of carbonyl (C=O) groups excluding carboxylic acids is 2. The van der Waals surface area contributed by atoms with Crippen LogP contribution in [0.25, 0.3) is 21.6 Å². The van der Waals surface area contributed by atoms with Crippen LogP contribution in [0.3, 0.4) is 0 Å². The standard InChI is InChI=1S/C37H44N4O7S/c1-5-7-8-9-10-11-29(42)35(44)41-19-24(16-28(41)33(43)40-37(36(45)46)18-23(37)6-2)48-31-17-26(34-39-27(20-49-34)22-12-13-22)38-32-21(3)30(47-4)15-14-25(31)32/h5-6,14-15,17,20,22-24,28-29,42H,1-2,7-13,16,18-19H2,3-4H3,(H,40,43)(H,45,46)/t23-,24-,28-,29?,37-/m1/s1. The Kier molecular flexibility index (Phi) is 10.1. The highest BCUT2D eigenvalue weighted by Crippen LogP contribution is 2.45. The van der Waals surface area contributed by atoms with Crippen molar-refractivity contribution >= 4 is 40.0 Å². The quantitative estimate of drug-likeness (QED) is 0.130. The van der Waals surface area contributed by atoms with Crippen LogP contribution < -0.4 is 14.8 Å². The number of pyridine rings is 1. The third kappa shape index (κ3) is 7.07. The van der Waals surface area contributed by atoms with Gasteiger partial charge in [-0.1, -0.05) is 25.0 Å². The lowest BCUT2D eigenvalue weighted by atomic mass is 10.1. The number of aromatic nitrogens is 2. The Balaban J connectivity index is 1.29. The number of carbonyl (C=O) groups is 3. The molecular formula is C37H44N4O7S. The number of aliphatic carboxylic acids is 1. The van der Waals surface area contributed by atoms with Crippen LogP contribution >= 0.6 is 11.3 Å². The maximum atomic E-state index is 13.8. The van der Waals surface area contributed by atoms with Gasteiger partial charge in [-0.2, -0.15) is 0 Å². The Bertz CT molecular complexity index is 1770. The molecule has 5 atom stereocenters. The number of carboxylic acids is 1. The number of fused-ring (bicyclic) bond motifs is 1. The summed E-state index contributed by atoms with van der Waals surface area (Å²) in [5.41, 5.74) is 1.78. The SMILES string of the molecule is C=CCCCCCC(O)C(=O)N1C[C@H](Oc2cc(-c3nc(C4CC4)cs3)nc3c(C)c(OC)ccc23)C[C@@H]1C(=O)N[C@]1(C(=O)O)C[C@H]1C=C. The van der Waals surface area contributed by atoms with Crippen LogP contribution in [0.5, 0.6) is 11.5 Å². The molecule has 11 nitrogen and oxygen atoms in total. The Morgan fingerprint density at radius 3 is 2.65 bits per heavy atom. The minimum atomic E-state index is -1.46.